The first kappa shape index (κ1) is 16.0. The molecule has 0 saturated carbocycles. The molecule has 112 valence electrons. The van der Waals surface area contributed by atoms with E-state index in [1.807, 2.05) is 0 Å². The second-order valence-electron chi connectivity index (χ2n) is 5.77. The second kappa shape index (κ2) is 7.55. The lowest BCUT2D eigenvalue weighted by Crippen LogP contribution is -2.49. The fourth-order valence-corrected chi connectivity index (χ4v) is 3.16. The largest absolute Gasteiger partial charge is 0.313 e. The van der Waals surface area contributed by atoms with Crippen molar-refractivity contribution in [1.29, 1.82) is 0 Å². The van der Waals surface area contributed by atoms with Crippen LogP contribution in [0.4, 0.5) is 0 Å². The first-order valence-electron chi connectivity index (χ1n) is 7.50. The summed E-state index contributed by atoms with van der Waals surface area (Å²) < 4.78 is 1.24. The molecule has 1 N–H and O–H groups in total. The van der Waals surface area contributed by atoms with Crippen LogP contribution in [0.25, 0.3) is 0 Å². The van der Waals surface area contributed by atoms with Crippen molar-refractivity contribution in [2.75, 3.05) is 33.2 Å². The third-order valence-electron chi connectivity index (χ3n) is 4.13. The van der Waals surface area contributed by atoms with Gasteiger partial charge >= 0.3 is 0 Å². The highest BCUT2D eigenvalue weighted by Gasteiger charge is 2.20. The van der Waals surface area contributed by atoms with Crippen molar-refractivity contribution in [2.45, 2.75) is 33.0 Å². The van der Waals surface area contributed by atoms with E-state index in [4.69, 9.17) is 0 Å². The molecule has 1 saturated heterocycles. The van der Waals surface area contributed by atoms with E-state index >= 15 is 0 Å². The van der Waals surface area contributed by atoms with Crippen LogP contribution in [0.5, 0.6) is 0 Å². The Morgan fingerprint density at radius 2 is 2.15 bits per heavy atom. The van der Waals surface area contributed by atoms with Crippen LogP contribution in [0, 0.1) is 0 Å². The van der Waals surface area contributed by atoms with Crippen LogP contribution in [0.3, 0.4) is 0 Å². The van der Waals surface area contributed by atoms with Crippen LogP contribution in [-0.4, -0.2) is 49.1 Å². The van der Waals surface area contributed by atoms with E-state index in [0.29, 0.717) is 6.04 Å². The van der Waals surface area contributed by atoms with Crippen LogP contribution in [-0.2, 0) is 13.1 Å². The SMILES string of the molecule is CCNCc1ccc(CN2CCN(C)C(C)C2)c(Br)c1. The number of halogens is 1. The summed E-state index contributed by atoms with van der Waals surface area (Å²) in [4.78, 5) is 4.99. The lowest BCUT2D eigenvalue weighted by molar-refractivity contribution is 0.0998. The van der Waals surface area contributed by atoms with Gasteiger partial charge in [0.05, 0.1) is 0 Å². The average Bonchev–Trinajstić information content (AvgIpc) is 2.43. The van der Waals surface area contributed by atoms with E-state index in [0.717, 1.165) is 39.3 Å². The summed E-state index contributed by atoms with van der Waals surface area (Å²) >= 11 is 3.73. The maximum Gasteiger partial charge on any atom is 0.0246 e. The third kappa shape index (κ3) is 4.29. The number of nitrogens with one attached hydrogen (secondary N) is 1. The van der Waals surface area contributed by atoms with Gasteiger partial charge in [-0.15, -0.1) is 0 Å². The molecule has 1 aromatic carbocycles. The van der Waals surface area contributed by atoms with Gasteiger partial charge in [-0.3, -0.25) is 4.90 Å². The van der Waals surface area contributed by atoms with Crippen molar-refractivity contribution in [2.24, 2.45) is 0 Å². The molecule has 1 fully saturated rings. The molecule has 0 bridgehead atoms. The topological polar surface area (TPSA) is 18.5 Å². The Kier molecular flexibility index (Phi) is 6.02. The molecule has 1 aromatic rings. The smallest absolute Gasteiger partial charge is 0.0246 e. The number of rotatable bonds is 5. The minimum Gasteiger partial charge on any atom is -0.313 e. The van der Waals surface area contributed by atoms with Crippen molar-refractivity contribution in [3.05, 3.63) is 33.8 Å². The van der Waals surface area contributed by atoms with Gasteiger partial charge in [0.25, 0.3) is 0 Å². The molecule has 0 aliphatic carbocycles. The van der Waals surface area contributed by atoms with E-state index in [1.165, 1.54) is 15.6 Å². The Labute approximate surface area is 131 Å². The zero-order valence-electron chi connectivity index (χ0n) is 12.8. The summed E-state index contributed by atoms with van der Waals surface area (Å²) in [5.74, 6) is 0. The van der Waals surface area contributed by atoms with Gasteiger partial charge in [0.15, 0.2) is 0 Å². The number of likely N-dealkylation sites (N-methyl/N-ethyl adjacent to an activating group) is 1. The fraction of sp³-hybridized carbons (Fsp3) is 0.625. The third-order valence-corrected chi connectivity index (χ3v) is 4.87. The molecule has 0 aromatic heterocycles. The lowest BCUT2D eigenvalue weighted by Gasteiger charge is -2.37. The Bertz CT molecular complexity index is 436. The molecule has 3 nitrogen and oxygen atoms in total. The molecule has 1 unspecified atom stereocenters. The van der Waals surface area contributed by atoms with Crippen LogP contribution in [0.15, 0.2) is 22.7 Å². The van der Waals surface area contributed by atoms with Crippen molar-refractivity contribution in [1.82, 2.24) is 15.1 Å². The number of piperazine rings is 1. The van der Waals surface area contributed by atoms with Crippen LogP contribution in [0.1, 0.15) is 25.0 Å². The fourth-order valence-electron chi connectivity index (χ4n) is 2.61. The highest BCUT2D eigenvalue weighted by atomic mass is 79.9. The summed E-state index contributed by atoms with van der Waals surface area (Å²) in [6, 6.07) is 7.40. The molecule has 2 rings (SSSR count). The standard InChI is InChI=1S/C16H26BrN3/c1-4-18-10-14-5-6-15(16(17)9-14)12-20-8-7-19(3)13(2)11-20/h5-6,9,13,18H,4,7-8,10-12H2,1-3H3. The van der Waals surface area contributed by atoms with Crippen molar-refractivity contribution in [3.8, 4) is 0 Å². The molecule has 0 amide bonds. The minimum absolute atomic E-state index is 0.649. The molecule has 1 aliphatic heterocycles. The van der Waals surface area contributed by atoms with Gasteiger partial charge < -0.3 is 10.2 Å². The molecule has 0 spiro atoms. The van der Waals surface area contributed by atoms with Crippen LogP contribution < -0.4 is 5.32 Å². The zero-order chi connectivity index (χ0) is 14.5. The summed E-state index contributed by atoms with van der Waals surface area (Å²) in [6.07, 6.45) is 0. The van der Waals surface area contributed by atoms with Crippen molar-refractivity contribution in [3.63, 3.8) is 0 Å². The van der Waals surface area contributed by atoms with E-state index in [-0.39, 0.29) is 0 Å². The van der Waals surface area contributed by atoms with E-state index in [2.05, 4.69) is 70.1 Å². The van der Waals surface area contributed by atoms with Gasteiger partial charge in [0.1, 0.15) is 0 Å². The Morgan fingerprint density at radius 1 is 1.35 bits per heavy atom. The van der Waals surface area contributed by atoms with Crippen molar-refractivity contribution >= 4 is 15.9 Å². The normalized spacial score (nSPS) is 21.3. The molecule has 1 aliphatic rings. The number of nitrogens with zero attached hydrogens (tertiary/aromatic N) is 2. The Morgan fingerprint density at radius 3 is 2.80 bits per heavy atom. The summed E-state index contributed by atoms with van der Waals surface area (Å²) in [6.45, 7) is 10.9. The maximum absolute atomic E-state index is 3.73. The highest BCUT2D eigenvalue weighted by Crippen LogP contribution is 2.21. The summed E-state index contributed by atoms with van der Waals surface area (Å²) in [5.41, 5.74) is 2.73. The Balaban J connectivity index is 1.96. The quantitative estimate of drug-likeness (QED) is 0.889. The zero-order valence-corrected chi connectivity index (χ0v) is 14.4. The molecule has 20 heavy (non-hydrogen) atoms. The van der Waals surface area contributed by atoms with Gasteiger partial charge in [-0.05, 0) is 37.7 Å². The predicted molar refractivity (Wildman–Crippen MR) is 88.9 cm³/mol. The van der Waals surface area contributed by atoms with Gasteiger partial charge in [-0.2, -0.15) is 0 Å². The first-order valence-corrected chi connectivity index (χ1v) is 8.30. The molecular weight excluding hydrogens is 314 g/mol. The van der Waals surface area contributed by atoms with Crippen LogP contribution in [0.2, 0.25) is 0 Å². The number of hydrogen-bond acceptors (Lipinski definition) is 3. The maximum atomic E-state index is 3.73. The first-order chi connectivity index (χ1) is 9.60. The molecule has 1 atom stereocenters. The molecule has 4 heteroatoms. The molecule has 1 heterocycles. The second-order valence-corrected chi connectivity index (χ2v) is 6.63. The molecular formula is C16H26BrN3. The van der Waals surface area contributed by atoms with E-state index in [9.17, 15) is 0 Å². The minimum atomic E-state index is 0.649. The van der Waals surface area contributed by atoms with Gasteiger partial charge in [0.2, 0.25) is 0 Å². The number of hydrogen-bond donors (Lipinski definition) is 1. The summed E-state index contributed by atoms with van der Waals surface area (Å²) in [5, 5.41) is 3.37. The summed E-state index contributed by atoms with van der Waals surface area (Å²) in [7, 11) is 2.22. The molecule has 0 radical (unpaired) electrons. The van der Waals surface area contributed by atoms with Crippen molar-refractivity contribution < 1.29 is 0 Å². The van der Waals surface area contributed by atoms with Gasteiger partial charge in [-0.25, -0.2) is 0 Å². The Hall–Kier alpha value is -0.420. The van der Waals surface area contributed by atoms with Gasteiger partial charge in [0, 0.05) is 43.2 Å². The van der Waals surface area contributed by atoms with Gasteiger partial charge in [-0.1, -0.05) is 35.0 Å². The monoisotopic (exact) mass is 339 g/mol. The number of benzene rings is 1. The van der Waals surface area contributed by atoms with E-state index in [1.54, 1.807) is 0 Å². The predicted octanol–water partition coefficient (Wildman–Crippen LogP) is 2.69. The van der Waals surface area contributed by atoms with Crippen LogP contribution >= 0.6 is 15.9 Å². The van der Waals surface area contributed by atoms with E-state index < -0.39 is 0 Å². The lowest BCUT2D eigenvalue weighted by atomic mass is 10.1. The highest BCUT2D eigenvalue weighted by molar-refractivity contribution is 9.10. The average molecular weight is 340 g/mol.